The third-order valence-electron chi connectivity index (χ3n) is 3.26. The van der Waals surface area contributed by atoms with E-state index in [0.29, 0.717) is 11.1 Å². The van der Waals surface area contributed by atoms with Crippen LogP contribution >= 0.6 is 11.6 Å². The van der Waals surface area contributed by atoms with Crippen LogP contribution in [-0.2, 0) is 0 Å². The molecule has 1 aliphatic rings. The van der Waals surface area contributed by atoms with E-state index in [9.17, 15) is 0 Å². The summed E-state index contributed by atoms with van der Waals surface area (Å²) in [4.78, 5) is 8.94. The van der Waals surface area contributed by atoms with Crippen molar-refractivity contribution in [1.29, 1.82) is 0 Å². The van der Waals surface area contributed by atoms with Gasteiger partial charge < -0.3 is 9.80 Å². The number of pyridine rings is 1. The van der Waals surface area contributed by atoms with Crippen LogP contribution in [0.25, 0.3) is 0 Å². The van der Waals surface area contributed by atoms with Crippen molar-refractivity contribution >= 4 is 17.4 Å². The summed E-state index contributed by atoms with van der Waals surface area (Å²) >= 11 is 5.82. The normalized spacial score (nSPS) is 21.3. The van der Waals surface area contributed by atoms with Crippen LogP contribution in [0.1, 0.15) is 12.8 Å². The molecule has 0 N–H and O–H groups in total. The zero-order valence-corrected chi connectivity index (χ0v) is 10.6. The quantitative estimate of drug-likeness (QED) is 0.807. The van der Waals surface area contributed by atoms with Crippen molar-refractivity contribution in [1.82, 2.24) is 9.88 Å². The van der Waals surface area contributed by atoms with Crippen molar-refractivity contribution in [3.05, 3.63) is 23.4 Å². The Morgan fingerprint density at radius 2 is 2.38 bits per heavy atom. The highest BCUT2D eigenvalue weighted by atomic mass is 35.5. The third kappa shape index (κ3) is 2.66. The molecule has 0 spiro atoms. The third-order valence-corrected chi connectivity index (χ3v) is 3.48. The number of rotatable bonds is 3. The van der Waals surface area contributed by atoms with Crippen molar-refractivity contribution in [3.8, 4) is 0 Å². The van der Waals surface area contributed by atoms with Gasteiger partial charge in [0.25, 0.3) is 0 Å². The first-order valence-corrected chi connectivity index (χ1v) is 6.07. The zero-order valence-electron chi connectivity index (χ0n) is 9.86. The molecule has 16 heavy (non-hydrogen) atoms. The molecular formula is C12H18ClN3. The van der Waals surface area contributed by atoms with Crippen molar-refractivity contribution in [2.24, 2.45) is 0 Å². The minimum absolute atomic E-state index is 0.655. The fourth-order valence-corrected chi connectivity index (χ4v) is 2.33. The van der Waals surface area contributed by atoms with Gasteiger partial charge in [0.1, 0.15) is 5.82 Å². The first-order valence-electron chi connectivity index (χ1n) is 5.70. The average Bonchev–Trinajstić information content (AvgIpc) is 2.65. The molecule has 1 aromatic heterocycles. The van der Waals surface area contributed by atoms with Gasteiger partial charge in [-0.15, -0.1) is 0 Å². The van der Waals surface area contributed by atoms with Crippen LogP contribution in [0.3, 0.4) is 0 Å². The summed E-state index contributed by atoms with van der Waals surface area (Å²) in [6, 6.07) is 4.51. The maximum Gasteiger partial charge on any atom is 0.128 e. The predicted molar refractivity (Wildman–Crippen MR) is 68.2 cm³/mol. The van der Waals surface area contributed by atoms with E-state index in [1.54, 1.807) is 6.20 Å². The summed E-state index contributed by atoms with van der Waals surface area (Å²) < 4.78 is 0. The molecule has 1 unspecified atom stereocenters. The van der Waals surface area contributed by atoms with Gasteiger partial charge in [-0.1, -0.05) is 11.6 Å². The van der Waals surface area contributed by atoms with Crippen molar-refractivity contribution in [2.75, 3.05) is 32.1 Å². The second-order valence-electron chi connectivity index (χ2n) is 4.49. The Labute approximate surface area is 102 Å². The first kappa shape index (κ1) is 11.7. The van der Waals surface area contributed by atoms with Gasteiger partial charge in [0.05, 0.1) is 5.02 Å². The van der Waals surface area contributed by atoms with E-state index in [2.05, 4.69) is 28.9 Å². The van der Waals surface area contributed by atoms with Crippen LogP contribution in [0.2, 0.25) is 5.02 Å². The standard InChI is InChI=1S/C12H18ClN3/c1-15-7-3-4-11(15)9-16(2)12-6-5-10(13)8-14-12/h5-6,8,11H,3-4,7,9H2,1-2H3. The molecule has 0 aliphatic carbocycles. The van der Waals surface area contributed by atoms with Crippen LogP contribution < -0.4 is 4.90 Å². The molecule has 1 fully saturated rings. The summed E-state index contributed by atoms with van der Waals surface area (Å²) in [6.07, 6.45) is 4.29. The van der Waals surface area contributed by atoms with Gasteiger partial charge in [-0.05, 0) is 38.6 Å². The van der Waals surface area contributed by atoms with E-state index in [-0.39, 0.29) is 0 Å². The maximum atomic E-state index is 5.82. The largest absolute Gasteiger partial charge is 0.358 e. The highest BCUT2D eigenvalue weighted by molar-refractivity contribution is 6.30. The maximum absolute atomic E-state index is 5.82. The zero-order chi connectivity index (χ0) is 11.5. The minimum Gasteiger partial charge on any atom is -0.358 e. The van der Waals surface area contributed by atoms with Gasteiger partial charge in [0, 0.05) is 25.8 Å². The number of nitrogens with zero attached hydrogens (tertiary/aromatic N) is 3. The Morgan fingerprint density at radius 3 is 2.94 bits per heavy atom. The van der Waals surface area contributed by atoms with Crippen LogP contribution in [0.5, 0.6) is 0 Å². The predicted octanol–water partition coefficient (Wildman–Crippen LogP) is 2.27. The van der Waals surface area contributed by atoms with Gasteiger partial charge in [-0.3, -0.25) is 0 Å². The Bertz CT molecular complexity index is 339. The summed E-state index contributed by atoms with van der Waals surface area (Å²) in [6.45, 7) is 2.25. The molecule has 1 aliphatic heterocycles. The Balaban J connectivity index is 1.97. The molecule has 1 atom stereocenters. The molecule has 2 rings (SSSR count). The van der Waals surface area contributed by atoms with E-state index in [0.717, 1.165) is 12.4 Å². The van der Waals surface area contributed by atoms with Crippen LogP contribution in [0.15, 0.2) is 18.3 Å². The van der Waals surface area contributed by atoms with E-state index < -0.39 is 0 Å². The summed E-state index contributed by atoms with van der Waals surface area (Å²) in [7, 11) is 4.28. The highest BCUT2D eigenvalue weighted by Gasteiger charge is 2.22. The summed E-state index contributed by atoms with van der Waals surface area (Å²) in [5.41, 5.74) is 0. The Kier molecular flexibility index (Phi) is 3.66. The topological polar surface area (TPSA) is 19.4 Å². The number of anilines is 1. The molecule has 1 aromatic rings. The molecule has 4 heteroatoms. The molecule has 2 heterocycles. The van der Waals surface area contributed by atoms with Crippen molar-refractivity contribution in [2.45, 2.75) is 18.9 Å². The number of likely N-dealkylation sites (tertiary alicyclic amines) is 1. The lowest BCUT2D eigenvalue weighted by Gasteiger charge is -2.26. The lowest BCUT2D eigenvalue weighted by molar-refractivity contribution is 0.314. The van der Waals surface area contributed by atoms with Gasteiger partial charge >= 0.3 is 0 Å². The second kappa shape index (κ2) is 5.02. The number of aromatic nitrogens is 1. The van der Waals surface area contributed by atoms with Crippen LogP contribution in [0, 0.1) is 0 Å². The van der Waals surface area contributed by atoms with Crippen LogP contribution in [0.4, 0.5) is 5.82 Å². The minimum atomic E-state index is 0.655. The average molecular weight is 240 g/mol. The monoisotopic (exact) mass is 239 g/mol. The fourth-order valence-electron chi connectivity index (χ4n) is 2.21. The summed E-state index contributed by atoms with van der Waals surface area (Å²) in [5, 5.41) is 0.690. The first-order chi connectivity index (χ1) is 7.66. The van der Waals surface area contributed by atoms with E-state index in [4.69, 9.17) is 11.6 Å². The van der Waals surface area contributed by atoms with Crippen molar-refractivity contribution in [3.63, 3.8) is 0 Å². The highest BCUT2D eigenvalue weighted by Crippen LogP contribution is 2.18. The lowest BCUT2D eigenvalue weighted by atomic mass is 10.2. The van der Waals surface area contributed by atoms with E-state index in [1.165, 1.54) is 19.4 Å². The van der Waals surface area contributed by atoms with E-state index >= 15 is 0 Å². The van der Waals surface area contributed by atoms with Crippen LogP contribution in [-0.4, -0.2) is 43.1 Å². The molecular weight excluding hydrogens is 222 g/mol. The van der Waals surface area contributed by atoms with Gasteiger partial charge in [0.2, 0.25) is 0 Å². The molecule has 1 saturated heterocycles. The fraction of sp³-hybridized carbons (Fsp3) is 0.583. The Morgan fingerprint density at radius 1 is 1.56 bits per heavy atom. The molecule has 0 bridgehead atoms. The number of hydrogen-bond acceptors (Lipinski definition) is 3. The molecule has 88 valence electrons. The number of halogens is 1. The molecule has 0 radical (unpaired) electrons. The SMILES string of the molecule is CN(CC1CCCN1C)c1ccc(Cl)cn1. The number of hydrogen-bond donors (Lipinski definition) is 0. The smallest absolute Gasteiger partial charge is 0.128 e. The van der Waals surface area contributed by atoms with Gasteiger partial charge in [-0.25, -0.2) is 4.98 Å². The lowest BCUT2D eigenvalue weighted by Crippen LogP contribution is -2.36. The van der Waals surface area contributed by atoms with Crippen molar-refractivity contribution < 1.29 is 0 Å². The molecule has 3 nitrogen and oxygen atoms in total. The molecule has 0 amide bonds. The summed E-state index contributed by atoms with van der Waals surface area (Å²) in [5.74, 6) is 0.990. The number of likely N-dealkylation sites (N-methyl/N-ethyl adjacent to an activating group) is 2. The Hall–Kier alpha value is -0.800. The second-order valence-corrected chi connectivity index (χ2v) is 4.93. The van der Waals surface area contributed by atoms with Gasteiger partial charge in [0.15, 0.2) is 0 Å². The molecule has 0 saturated carbocycles. The van der Waals surface area contributed by atoms with E-state index in [1.807, 2.05) is 12.1 Å². The van der Waals surface area contributed by atoms with Gasteiger partial charge in [-0.2, -0.15) is 0 Å². The molecule has 0 aromatic carbocycles.